The topological polar surface area (TPSA) is 88.9 Å². The van der Waals surface area contributed by atoms with Crippen molar-refractivity contribution in [1.82, 2.24) is 4.57 Å². The molecule has 0 aliphatic heterocycles. The van der Waals surface area contributed by atoms with Gasteiger partial charge in [0.2, 0.25) is 0 Å². The molecule has 1 aromatic carbocycles. The molecule has 0 unspecified atom stereocenters. The summed E-state index contributed by atoms with van der Waals surface area (Å²) in [5.74, 6) is -0.623. The smallest absolute Gasteiger partial charge is 0.332 e. The van der Waals surface area contributed by atoms with Crippen LogP contribution in [0.4, 0.5) is 10.1 Å². The highest BCUT2D eigenvalue weighted by molar-refractivity contribution is 5.35. The van der Waals surface area contributed by atoms with Crippen LogP contribution in [0.2, 0.25) is 0 Å². The molecule has 0 spiro atoms. The summed E-state index contributed by atoms with van der Waals surface area (Å²) in [5.41, 5.74) is -0.711. The molecule has 2 rings (SSSR count). The van der Waals surface area contributed by atoms with E-state index in [0.717, 1.165) is 18.3 Å². The van der Waals surface area contributed by atoms with Gasteiger partial charge in [0.25, 0.3) is 5.43 Å². The highest BCUT2D eigenvalue weighted by Gasteiger charge is 2.12. The molecule has 0 fully saturated rings. The number of hydrogen-bond donors (Lipinski definition) is 0. The molecule has 0 atom stereocenters. The third-order valence-electron chi connectivity index (χ3n) is 2.67. The Morgan fingerprint density at radius 1 is 1.40 bits per heavy atom. The van der Waals surface area contributed by atoms with Gasteiger partial charge >= 0.3 is 5.69 Å². The Morgan fingerprint density at radius 2 is 2.15 bits per heavy atom. The van der Waals surface area contributed by atoms with Crippen molar-refractivity contribution >= 4 is 5.69 Å². The summed E-state index contributed by atoms with van der Waals surface area (Å²) in [4.78, 5) is 21.2. The van der Waals surface area contributed by atoms with Crippen molar-refractivity contribution in [3.63, 3.8) is 0 Å². The summed E-state index contributed by atoms with van der Waals surface area (Å²) in [6.07, 6.45) is 2.50. The van der Waals surface area contributed by atoms with Crippen LogP contribution < -0.4 is 5.43 Å². The van der Waals surface area contributed by atoms with E-state index in [9.17, 15) is 19.3 Å². The summed E-state index contributed by atoms with van der Waals surface area (Å²) in [6.45, 7) is 0.191. The van der Waals surface area contributed by atoms with Crippen molar-refractivity contribution in [3.05, 3.63) is 73.9 Å². The van der Waals surface area contributed by atoms with E-state index >= 15 is 0 Å². The molecule has 0 aliphatic rings. The van der Waals surface area contributed by atoms with Gasteiger partial charge < -0.3 is 4.57 Å². The lowest BCUT2D eigenvalue weighted by Gasteiger charge is -2.06. The van der Waals surface area contributed by atoms with Gasteiger partial charge in [-0.2, -0.15) is 5.26 Å². The molecule has 7 heteroatoms. The molecule has 0 aliphatic carbocycles. The number of rotatable bonds is 3. The highest BCUT2D eigenvalue weighted by atomic mass is 19.1. The summed E-state index contributed by atoms with van der Waals surface area (Å²) in [7, 11) is 0. The molecule has 0 amide bonds. The maximum Gasteiger partial charge on any atom is 0.332 e. The predicted octanol–water partition coefficient (Wildman–Crippen LogP) is 1.82. The Morgan fingerprint density at radius 3 is 2.80 bits per heavy atom. The molecule has 0 saturated carbocycles. The Kier molecular flexibility index (Phi) is 3.57. The number of aromatic nitrogens is 1. The maximum absolute atomic E-state index is 13.2. The molecule has 20 heavy (non-hydrogen) atoms. The van der Waals surface area contributed by atoms with Gasteiger partial charge in [-0.15, -0.1) is 0 Å². The van der Waals surface area contributed by atoms with Gasteiger partial charge in [0.1, 0.15) is 11.9 Å². The molecule has 100 valence electrons. The molecule has 0 radical (unpaired) electrons. The van der Waals surface area contributed by atoms with Crippen LogP contribution in [0.3, 0.4) is 0 Å². The minimum atomic E-state index is -0.760. The maximum atomic E-state index is 13.2. The van der Waals surface area contributed by atoms with E-state index in [1.165, 1.54) is 22.9 Å². The molecule has 1 heterocycles. The van der Waals surface area contributed by atoms with Gasteiger partial charge in [-0.25, -0.2) is 4.39 Å². The average Bonchev–Trinajstić information content (AvgIpc) is 2.42. The second kappa shape index (κ2) is 5.32. The van der Waals surface area contributed by atoms with E-state index in [-0.39, 0.29) is 12.1 Å². The van der Waals surface area contributed by atoms with Gasteiger partial charge in [-0.3, -0.25) is 14.9 Å². The SMILES string of the molecule is N#Cc1cc(Cn2ccc(=O)c([N+](=O)[O-])c2)ccc1F. The zero-order chi connectivity index (χ0) is 14.7. The third kappa shape index (κ3) is 2.70. The number of pyridine rings is 1. The van der Waals surface area contributed by atoms with Crippen LogP contribution in [0.5, 0.6) is 0 Å². The van der Waals surface area contributed by atoms with E-state index in [4.69, 9.17) is 5.26 Å². The number of nitriles is 1. The Hall–Kier alpha value is -3.01. The minimum absolute atomic E-state index is 0.0990. The predicted molar refractivity (Wildman–Crippen MR) is 67.6 cm³/mol. The molecule has 0 saturated heterocycles. The lowest BCUT2D eigenvalue weighted by Crippen LogP contribution is -2.11. The Labute approximate surface area is 112 Å². The van der Waals surface area contributed by atoms with Gasteiger partial charge in [0.05, 0.1) is 16.7 Å². The number of halogens is 1. The standard InChI is InChI=1S/C13H8FN3O3/c14-11-2-1-9(5-10(11)6-15)7-16-4-3-13(18)12(8-16)17(19)20/h1-5,8H,7H2. The first-order chi connectivity index (χ1) is 9.51. The van der Waals surface area contributed by atoms with E-state index in [1.54, 1.807) is 6.07 Å². The van der Waals surface area contributed by atoms with Gasteiger partial charge in [0.15, 0.2) is 0 Å². The second-order valence-corrected chi connectivity index (χ2v) is 4.05. The molecular weight excluding hydrogens is 265 g/mol. The fourth-order valence-corrected chi connectivity index (χ4v) is 1.72. The van der Waals surface area contributed by atoms with Crippen LogP contribution in [0.15, 0.2) is 41.5 Å². The van der Waals surface area contributed by atoms with E-state index in [0.29, 0.717) is 5.56 Å². The first-order valence-electron chi connectivity index (χ1n) is 5.54. The van der Waals surface area contributed by atoms with Crippen LogP contribution >= 0.6 is 0 Å². The second-order valence-electron chi connectivity index (χ2n) is 4.05. The quantitative estimate of drug-likeness (QED) is 0.630. The largest absolute Gasteiger partial charge is 0.344 e. The van der Waals surface area contributed by atoms with Crippen molar-refractivity contribution in [3.8, 4) is 6.07 Å². The average molecular weight is 273 g/mol. The van der Waals surface area contributed by atoms with Gasteiger partial charge in [-0.1, -0.05) is 6.07 Å². The number of nitro groups is 1. The first kappa shape index (κ1) is 13.4. The van der Waals surface area contributed by atoms with E-state index in [1.807, 2.05) is 0 Å². The first-order valence-corrected chi connectivity index (χ1v) is 5.54. The van der Waals surface area contributed by atoms with Crippen molar-refractivity contribution in [2.45, 2.75) is 6.54 Å². The third-order valence-corrected chi connectivity index (χ3v) is 2.67. The summed E-state index contributed by atoms with van der Waals surface area (Å²) >= 11 is 0. The molecule has 2 aromatic rings. The fourth-order valence-electron chi connectivity index (χ4n) is 1.72. The zero-order valence-corrected chi connectivity index (χ0v) is 10.1. The molecule has 0 N–H and O–H groups in total. The highest BCUT2D eigenvalue weighted by Crippen LogP contribution is 2.12. The lowest BCUT2D eigenvalue weighted by atomic mass is 10.1. The zero-order valence-electron chi connectivity index (χ0n) is 10.1. The van der Waals surface area contributed by atoms with E-state index < -0.39 is 21.9 Å². The van der Waals surface area contributed by atoms with Gasteiger partial charge in [0, 0.05) is 18.8 Å². The summed E-state index contributed by atoms with van der Waals surface area (Å²) in [5, 5.41) is 19.4. The Balaban J connectivity index is 2.36. The monoisotopic (exact) mass is 273 g/mol. The minimum Gasteiger partial charge on any atom is -0.344 e. The molecular formula is C13H8FN3O3. The van der Waals surface area contributed by atoms with Gasteiger partial charge in [-0.05, 0) is 17.7 Å². The number of benzene rings is 1. The van der Waals surface area contributed by atoms with Crippen LogP contribution in [0.1, 0.15) is 11.1 Å². The van der Waals surface area contributed by atoms with Crippen molar-refractivity contribution in [1.29, 1.82) is 5.26 Å². The van der Waals surface area contributed by atoms with Crippen LogP contribution in [-0.4, -0.2) is 9.49 Å². The van der Waals surface area contributed by atoms with Crippen molar-refractivity contribution in [2.24, 2.45) is 0 Å². The molecule has 1 aromatic heterocycles. The normalized spacial score (nSPS) is 10.0. The van der Waals surface area contributed by atoms with Crippen LogP contribution in [-0.2, 0) is 6.54 Å². The van der Waals surface area contributed by atoms with Crippen LogP contribution in [0.25, 0.3) is 0 Å². The number of nitrogens with zero attached hydrogens (tertiary/aromatic N) is 3. The lowest BCUT2D eigenvalue weighted by molar-refractivity contribution is -0.386. The van der Waals surface area contributed by atoms with Crippen LogP contribution in [0, 0.1) is 27.3 Å². The molecule has 0 bridgehead atoms. The number of hydrogen-bond acceptors (Lipinski definition) is 4. The summed E-state index contributed by atoms with van der Waals surface area (Å²) < 4.78 is 14.6. The van der Waals surface area contributed by atoms with Crippen molar-refractivity contribution < 1.29 is 9.31 Å². The fraction of sp³-hybridized carbons (Fsp3) is 0.0769. The van der Waals surface area contributed by atoms with Crippen molar-refractivity contribution in [2.75, 3.05) is 0 Å². The van der Waals surface area contributed by atoms with E-state index in [2.05, 4.69) is 0 Å². The summed E-state index contributed by atoms with van der Waals surface area (Å²) in [6, 6.07) is 6.80. The Bertz CT molecular complexity index is 777. The molecule has 6 nitrogen and oxygen atoms in total.